The van der Waals surface area contributed by atoms with Crippen LogP contribution in [0.4, 0.5) is 4.79 Å². The second-order valence-electron chi connectivity index (χ2n) is 16.8. The smallest absolute Gasteiger partial charge is 0.407 e. The highest BCUT2D eigenvalue weighted by Gasteiger charge is 2.49. The fraction of sp³-hybridized carbons (Fsp3) is 0.535. The van der Waals surface area contributed by atoms with Crippen molar-refractivity contribution in [3.63, 3.8) is 0 Å². The first-order chi connectivity index (χ1) is 26.3. The molecule has 4 fully saturated rings. The summed E-state index contributed by atoms with van der Waals surface area (Å²) in [6, 6.07) is 21.6. The van der Waals surface area contributed by atoms with Crippen molar-refractivity contribution in [1.82, 2.24) is 19.4 Å². The highest BCUT2D eigenvalue weighted by molar-refractivity contribution is 7.89. The van der Waals surface area contributed by atoms with E-state index >= 15 is 0 Å². The lowest BCUT2D eigenvalue weighted by atomic mass is 9.90. The van der Waals surface area contributed by atoms with Crippen molar-refractivity contribution in [2.24, 2.45) is 5.92 Å². The molecule has 12 heteroatoms. The molecule has 2 amide bonds. The minimum absolute atomic E-state index is 0.0906. The monoisotopic (exact) mass is 790 g/mol. The molecule has 3 aromatic carbocycles. The molecule has 7 rings (SSSR count). The number of halogens is 1. The van der Waals surface area contributed by atoms with Gasteiger partial charge in [-0.1, -0.05) is 67.3 Å². The lowest BCUT2D eigenvalue weighted by Gasteiger charge is -2.45. The van der Waals surface area contributed by atoms with Crippen LogP contribution in [0.2, 0.25) is 5.02 Å². The van der Waals surface area contributed by atoms with E-state index in [-0.39, 0.29) is 42.0 Å². The molecule has 0 aromatic heterocycles. The first-order valence-corrected chi connectivity index (χ1v) is 21.8. The summed E-state index contributed by atoms with van der Waals surface area (Å²) < 4.78 is 41.9. The Hall–Kier alpha value is -3.64. The number of nitrogens with one attached hydrogen (secondary N) is 1. The SMILES string of the molecule is CC(C)(C)OC(=O)NC1CC2CCC(C1)N2C(=O)[C@@H]1CN(Cc2ccc(-c3ccc(Cl)cc3)cc2)CCN1S(=O)(=O)c1ccc(OCC2CCCCC2)cc1. The van der Waals surface area contributed by atoms with Crippen molar-refractivity contribution in [3.8, 4) is 16.9 Å². The highest BCUT2D eigenvalue weighted by Crippen LogP contribution is 2.38. The average Bonchev–Trinajstić information content (AvgIpc) is 3.43. The van der Waals surface area contributed by atoms with Crippen LogP contribution in [0.25, 0.3) is 11.1 Å². The molecular formula is C43H55ClN4O6S. The maximum absolute atomic E-state index is 14.8. The van der Waals surface area contributed by atoms with Gasteiger partial charge in [0.2, 0.25) is 15.9 Å². The lowest BCUT2D eigenvalue weighted by molar-refractivity contribution is -0.142. The van der Waals surface area contributed by atoms with Crippen molar-refractivity contribution in [3.05, 3.63) is 83.4 Å². The largest absolute Gasteiger partial charge is 0.493 e. The Morgan fingerprint density at radius 1 is 0.818 bits per heavy atom. The molecule has 3 saturated heterocycles. The van der Waals surface area contributed by atoms with E-state index in [4.69, 9.17) is 21.1 Å². The Kier molecular flexibility index (Phi) is 12.1. The lowest BCUT2D eigenvalue weighted by Crippen LogP contribution is -2.63. The number of rotatable bonds is 10. The van der Waals surface area contributed by atoms with Gasteiger partial charge in [0, 0.05) is 49.3 Å². The fourth-order valence-electron chi connectivity index (χ4n) is 8.87. The van der Waals surface area contributed by atoms with Gasteiger partial charge in [0.15, 0.2) is 0 Å². The zero-order valence-electron chi connectivity index (χ0n) is 32.3. The fourth-order valence-corrected chi connectivity index (χ4v) is 10.6. The van der Waals surface area contributed by atoms with E-state index in [0.717, 1.165) is 29.5 Å². The van der Waals surface area contributed by atoms with Crippen LogP contribution in [0.15, 0.2) is 77.7 Å². The molecule has 2 unspecified atom stereocenters. The molecule has 3 atom stereocenters. The Morgan fingerprint density at radius 3 is 2.05 bits per heavy atom. The molecule has 3 aliphatic heterocycles. The van der Waals surface area contributed by atoms with Gasteiger partial charge in [-0.05, 0) is 118 Å². The number of hydrogen-bond donors (Lipinski definition) is 1. The van der Waals surface area contributed by atoms with Crippen LogP contribution in [0, 0.1) is 5.92 Å². The number of piperazine rings is 1. The van der Waals surface area contributed by atoms with Crippen molar-refractivity contribution in [1.29, 1.82) is 0 Å². The van der Waals surface area contributed by atoms with Gasteiger partial charge in [0.05, 0.1) is 11.5 Å². The molecule has 0 radical (unpaired) electrons. The summed E-state index contributed by atoms with van der Waals surface area (Å²) in [4.78, 5) is 31.7. The van der Waals surface area contributed by atoms with Crippen molar-refractivity contribution < 1.29 is 27.5 Å². The number of fused-ring (bicyclic) bond motifs is 2. The van der Waals surface area contributed by atoms with Gasteiger partial charge in [0.1, 0.15) is 17.4 Å². The molecule has 1 N–H and O–H groups in total. The van der Waals surface area contributed by atoms with Crippen LogP contribution >= 0.6 is 11.6 Å². The van der Waals surface area contributed by atoms with Gasteiger partial charge >= 0.3 is 6.09 Å². The molecule has 3 heterocycles. The van der Waals surface area contributed by atoms with E-state index in [0.29, 0.717) is 49.2 Å². The summed E-state index contributed by atoms with van der Waals surface area (Å²) in [6.07, 6.45) is 8.47. The van der Waals surface area contributed by atoms with Crippen molar-refractivity contribution in [2.75, 3.05) is 26.2 Å². The van der Waals surface area contributed by atoms with Crippen LogP contribution in [0.1, 0.15) is 84.1 Å². The Bertz CT molecular complexity index is 1880. The highest BCUT2D eigenvalue weighted by atomic mass is 35.5. The van der Waals surface area contributed by atoms with Gasteiger partial charge in [-0.15, -0.1) is 0 Å². The quantitative estimate of drug-likeness (QED) is 0.223. The maximum Gasteiger partial charge on any atom is 0.407 e. The van der Waals surface area contributed by atoms with Crippen LogP contribution < -0.4 is 10.1 Å². The number of nitrogens with zero attached hydrogens (tertiary/aromatic N) is 3. The van der Waals surface area contributed by atoms with E-state index in [1.807, 2.05) is 49.9 Å². The summed E-state index contributed by atoms with van der Waals surface area (Å²) >= 11 is 6.10. The minimum Gasteiger partial charge on any atom is -0.493 e. The van der Waals surface area contributed by atoms with Gasteiger partial charge in [0.25, 0.3) is 0 Å². The van der Waals surface area contributed by atoms with Crippen LogP contribution in [-0.4, -0.2) is 90.5 Å². The first kappa shape index (κ1) is 39.6. The molecule has 10 nitrogen and oxygen atoms in total. The van der Waals surface area contributed by atoms with E-state index in [1.54, 1.807) is 24.3 Å². The number of carbonyl (C=O) groups excluding carboxylic acids is 2. The number of benzene rings is 3. The number of amides is 2. The normalized spacial score (nSPS) is 24.0. The third-order valence-electron chi connectivity index (χ3n) is 11.6. The molecular weight excluding hydrogens is 736 g/mol. The van der Waals surface area contributed by atoms with Gasteiger partial charge in [-0.2, -0.15) is 4.31 Å². The Balaban J connectivity index is 1.08. The first-order valence-electron chi connectivity index (χ1n) is 20.0. The third-order valence-corrected chi connectivity index (χ3v) is 13.8. The molecule has 296 valence electrons. The number of sulfonamides is 1. The minimum atomic E-state index is -4.02. The maximum atomic E-state index is 14.8. The van der Waals surface area contributed by atoms with Gasteiger partial charge in [-0.3, -0.25) is 9.69 Å². The Labute approximate surface area is 331 Å². The second-order valence-corrected chi connectivity index (χ2v) is 19.1. The van der Waals surface area contributed by atoms with Gasteiger partial charge < -0.3 is 19.7 Å². The molecule has 2 bridgehead atoms. The summed E-state index contributed by atoms with van der Waals surface area (Å²) in [5.41, 5.74) is 2.62. The van der Waals surface area contributed by atoms with E-state index in [1.165, 1.54) is 36.4 Å². The number of carbonyl (C=O) groups is 2. The molecule has 1 saturated carbocycles. The third kappa shape index (κ3) is 9.67. The summed E-state index contributed by atoms with van der Waals surface area (Å²) in [5.74, 6) is 1.03. The topological polar surface area (TPSA) is 108 Å². The average molecular weight is 791 g/mol. The Morgan fingerprint density at radius 2 is 1.44 bits per heavy atom. The number of ether oxygens (including phenoxy) is 2. The van der Waals surface area contributed by atoms with Crippen LogP contribution in [0.5, 0.6) is 5.75 Å². The van der Waals surface area contributed by atoms with Crippen LogP contribution in [0.3, 0.4) is 0 Å². The van der Waals surface area contributed by atoms with E-state index in [9.17, 15) is 18.0 Å². The molecule has 0 spiro atoms. The predicted octanol–water partition coefficient (Wildman–Crippen LogP) is 7.89. The standard InChI is InChI=1S/C43H55ClN4O6S/c1-43(2,3)54-42(50)45-35-25-36-17-18-37(26-35)48(36)41(49)40-28-46(27-30-9-11-32(12-10-30)33-13-15-34(44)16-14-33)23-24-47(40)55(51,52)39-21-19-38(20-22-39)53-29-31-7-5-4-6-8-31/h9-16,19-22,31,35-37,40H,4-8,17-18,23-29H2,1-3H3,(H,45,50)/t35?,36?,37?,40-/m0/s1. The number of alkyl carbamates (subject to hydrolysis) is 1. The predicted molar refractivity (Wildman–Crippen MR) is 214 cm³/mol. The van der Waals surface area contributed by atoms with E-state index < -0.39 is 27.8 Å². The summed E-state index contributed by atoms with van der Waals surface area (Å²) in [7, 11) is -4.02. The molecule has 1 aliphatic carbocycles. The summed E-state index contributed by atoms with van der Waals surface area (Å²) in [5, 5.41) is 3.71. The number of piperidine rings is 1. The molecule has 55 heavy (non-hydrogen) atoms. The van der Waals surface area contributed by atoms with Crippen molar-refractivity contribution >= 4 is 33.6 Å². The van der Waals surface area contributed by atoms with E-state index in [2.05, 4.69) is 34.5 Å². The zero-order valence-corrected chi connectivity index (χ0v) is 33.9. The molecule has 4 aliphatic rings. The van der Waals surface area contributed by atoms with Crippen LogP contribution in [-0.2, 0) is 26.1 Å². The summed E-state index contributed by atoms with van der Waals surface area (Å²) in [6.45, 7) is 7.67. The van der Waals surface area contributed by atoms with Crippen molar-refractivity contribution in [2.45, 2.75) is 120 Å². The number of hydrogen-bond acceptors (Lipinski definition) is 7. The molecule has 3 aromatic rings. The second kappa shape index (κ2) is 16.8. The zero-order chi connectivity index (χ0) is 38.7. The van der Waals surface area contributed by atoms with Gasteiger partial charge in [-0.25, -0.2) is 13.2 Å².